The number of aryl methyl sites for hydroxylation is 1. The van der Waals surface area contributed by atoms with E-state index in [4.69, 9.17) is 4.74 Å². The molecule has 1 N–H and O–H groups in total. The molecule has 0 radical (unpaired) electrons. The Morgan fingerprint density at radius 2 is 2.00 bits per heavy atom. The van der Waals surface area contributed by atoms with Gasteiger partial charge in [0.15, 0.2) is 5.82 Å². The van der Waals surface area contributed by atoms with Gasteiger partial charge in [0.05, 0.1) is 12.0 Å². The molecule has 0 amide bonds. The Kier molecular flexibility index (Phi) is 4.13. The average molecular weight is 346 g/mol. The Morgan fingerprint density at radius 3 is 2.67 bits per heavy atom. The maximum Gasteiger partial charge on any atom is 0.263 e. The zero-order chi connectivity index (χ0) is 17.2. The molecular weight excluding hydrogens is 332 g/mol. The number of sulfonamides is 1. The summed E-state index contributed by atoms with van der Waals surface area (Å²) in [6.07, 6.45) is 4.05. The summed E-state index contributed by atoms with van der Waals surface area (Å²) in [5.41, 5.74) is 0.714. The van der Waals surface area contributed by atoms with Crippen molar-refractivity contribution in [1.29, 1.82) is 0 Å². The molecule has 0 spiro atoms. The summed E-state index contributed by atoms with van der Waals surface area (Å²) in [5, 5.41) is 3.94. The van der Waals surface area contributed by atoms with Crippen LogP contribution in [-0.2, 0) is 10.0 Å². The molecule has 0 bridgehead atoms. The first kappa shape index (κ1) is 15.9. The highest BCUT2D eigenvalue weighted by Crippen LogP contribution is 2.22. The highest BCUT2D eigenvalue weighted by atomic mass is 32.2. The lowest BCUT2D eigenvalue weighted by Gasteiger charge is -2.10. The maximum atomic E-state index is 12.5. The van der Waals surface area contributed by atoms with Crippen LogP contribution < -0.4 is 9.46 Å². The van der Waals surface area contributed by atoms with Crippen molar-refractivity contribution < 1.29 is 13.2 Å². The van der Waals surface area contributed by atoms with Crippen LogP contribution in [0.25, 0.3) is 5.82 Å². The van der Waals surface area contributed by atoms with Gasteiger partial charge in [0.1, 0.15) is 30.5 Å². The van der Waals surface area contributed by atoms with E-state index in [2.05, 4.69) is 24.8 Å². The SMILES string of the molecule is COc1ccc(S(=O)(=O)Nc2cc(-n3cncn3)ncn2)cc1C. The second-order valence-corrected chi connectivity index (χ2v) is 6.52. The second kappa shape index (κ2) is 6.24. The quantitative estimate of drug-likeness (QED) is 0.738. The Hall–Kier alpha value is -3.01. The molecule has 0 saturated carbocycles. The lowest BCUT2D eigenvalue weighted by molar-refractivity contribution is 0.411. The minimum Gasteiger partial charge on any atom is -0.496 e. The summed E-state index contributed by atoms with van der Waals surface area (Å²) >= 11 is 0. The van der Waals surface area contributed by atoms with Gasteiger partial charge >= 0.3 is 0 Å². The molecule has 1 aromatic carbocycles. The predicted molar refractivity (Wildman–Crippen MR) is 85.5 cm³/mol. The number of nitrogens with zero attached hydrogens (tertiary/aromatic N) is 5. The fourth-order valence-corrected chi connectivity index (χ4v) is 3.15. The van der Waals surface area contributed by atoms with Crippen molar-refractivity contribution >= 4 is 15.8 Å². The topological polar surface area (TPSA) is 112 Å². The first-order valence-corrected chi connectivity index (χ1v) is 8.32. The van der Waals surface area contributed by atoms with Gasteiger partial charge in [-0.05, 0) is 30.7 Å². The molecule has 0 saturated heterocycles. The van der Waals surface area contributed by atoms with Crippen molar-refractivity contribution in [3.63, 3.8) is 0 Å². The van der Waals surface area contributed by atoms with Gasteiger partial charge in [-0.3, -0.25) is 4.72 Å². The molecule has 0 aliphatic rings. The molecule has 0 atom stereocenters. The second-order valence-electron chi connectivity index (χ2n) is 4.84. The molecule has 124 valence electrons. The molecule has 0 aliphatic carbocycles. The lowest BCUT2D eigenvalue weighted by atomic mass is 10.2. The summed E-state index contributed by atoms with van der Waals surface area (Å²) < 4.78 is 34.0. The van der Waals surface area contributed by atoms with Crippen LogP contribution in [0.2, 0.25) is 0 Å². The molecule has 0 aliphatic heterocycles. The Morgan fingerprint density at radius 1 is 1.17 bits per heavy atom. The summed E-state index contributed by atoms with van der Waals surface area (Å²) in [7, 11) is -2.26. The molecule has 24 heavy (non-hydrogen) atoms. The fraction of sp³-hybridized carbons (Fsp3) is 0.143. The van der Waals surface area contributed by atoms with E-state index in [-0.39, 0.29) is 10.7 Å². The third kappa shape index (κ3) is 3.18. The van der Waals surface area contributed by atoms with E-state index in [0.717, 1.165) is 0 Å². The van der Waals surface area contributed by atoms with E-state index in [1.807, 2.05) is 0 Å². The van der Waals surface area contributed by atoms with Crippen LogP contribution >= 0.6 is 0 Å². The standard InChI is InChI=1S/C14H14N6O3S/c1-10-5-11(3-4-12(10)23-2)24(21,22)19-13-6-14(17-8-16-13)20-9-15-7-18-20/h3-9H,1-2H3,(H,16,17,19). The van der Waals surface area contributed by atoms with Crippen LogP contribution in [-0.4, -0.2) is 40.3 Å². The summed E-state index contributed by atoms with van der Waals surface area (Å²) in [6.45, 7) is 1.77. The van der Waals surface area contributed by atoms with Gasteiger partial charge in [-0.25, -0.2) is 28.1 Å². The van der Waals surface area contributed by atoms with E-state index in [0.29, 0.717) is 17.1 Å². The van der Waals surface area contributed by atoms with E-state index >= 15 is 0 Å². The molecule has 0 fully saturated rings. The predicted octanol–water partition coefficient (Wildman–Crippen LogP) is 1.18. The molecule has 0 unspecified atom stereocenters. The van der Waals surface area contributed by atoms with E-state index in [1.54, 1.807) is 13.0 Å². The van der Waals surface area contributed by atoms with Gasteiger partial charge in [0.25, 0.3) is 10.0 Å². The Balaban J connectivity index is 1.90. The van der Waals surface area contributed by atoms with Gasteiger partial charge in [-0.2, -0.15) is 5.10 Å². The monoisotopic (exact) mass is 346 g/mol. The van der Waals surface area contributed by atoms with Crippen LogP contribution in [0.15, 0.2) is 48.1 Å². The van der Waals surface area contributed by atoms with Crippen molar-refractivity contribution in [3.8, 4) is 11.6 Å². The van der Waals surface area contributed by atoms with Crippen LogP contribution in [0.3, 0.4) is 0 Å². The van der Waals surface area contributed by atoms with Crippen molar-refractivity contribution in [2.24, 2.45) is 0 Å². The number of nitrogens with one attached hydrogen (secondary N) is 1. The first-order chi connectivity index (χ1) is 11.5. The Labute approximate surface area is 138 Å². The normalized spacial score (nSPS) is 11.2. The highest BCUT2D eigenvalue weighted by molar-refractivity contribution is 7.92. The van der Waals surface area contributed by atoms with Crippen molar-refractivity contribution in [2.45, 2.75) is 11.8 Å². The number of rotatable bonds is 5. The molecule has 10 heteroatoms. The first-order valence-electron chi connectivity index (χ1n) is 6.84. The van der Waals surface area contributed by atoms with Gasteiger partial charge in [0, 0.05) is 6.07 Å². The summed E-state index contributed by atoms with van der Waals surface area (Å²) in [6, 6.07) is 6.06. The van der Waals surface area contributed by atoms with Crippen LogP contribution in [0.4, 0.5) is 5.82 Å². The minimum atomic E-state index is -3.79. The number of benzene rings is 1. The molecule has 2 aromatic heterocycles. The highest BCUT2D eigenvalue weighted by Gasteiger charge is 2.17. The van der Waals surface area contributed by atoms with Crippen molar-refractivity contribution in [2.75, 3.05) is 11.8 Å². The number of aromatic nitrogens is 5. The van der Waals surface area contributed by atoms with Crippen LogP contribution in [0.1, 0.15) is 5.56 Å². The third-order valence-corrected chi connectivity index (χ3v) is 4.57. The largest absolute Gasteiger partial charge is 0.496 e. The van der Waals surface area contributed by atoms with E-state index < -0.39 is 10.0 Å². The number of hydrogen-bond donors (Lipinski definition) is 1. The number of ether oxygens (including phenoxy) is 1. The number of hydrogen-bond acceptors (Lipinski definition) is 7. The molecule has 2 heterocycles. The molecule has 9 nitrogen and oxygen atoms in total. The number of anilines is 1. The van der Waals surface area contributed by atoms with Gasteiger partial charge in [-0.15, -0.1) is 0 Å². The summed E-state index contributed by atoms with van der Waals surface area (Å²) in [4.78, 5) is 11.9. The molecule has 3 rings (SSSR count). The van der Waals surface area contributed by atoms with E-state index in [1.165, 1.54) is 49.0 Å². The Bertz CT molecular complexity index is 956. The summed E-state index contributed by atoms with van der Waals surface area (Å²) in [5.74, 6) is 1.14. The zero-order valence-corrected chi connectivity index (χ0v) is 13.7. The van der Waals surface area contributed by atoms with E-state index in [9.17, 15) is 8.42 Å². The van der Waals surface area contributed by atoms with Gasteiger partial charge in [0.2, 0.25) is 0 Å². The zero-order valence-electron chi connectivity index (χ0n) is 12.9. The van der Waals surface area contributed by atoms with Crippen molar-refractivity contribution in [1.82, 2.24) is 24.7 Å². The van der Waals surface area contributed by atoms with Crippen LogP contribution in [0.5, 0.6) is 5.75 Å². The lowest BCUT2D eigenvalue weighted by Crippen LogP contribution is -2.15. The average Bonchev–Trinajstić information content (AvgIpc) is 3.09. The van der Waals surface area contributed by atoms with Gasteiger partial charge in [-0.1, -0.05) is 0 Å². The third-order valence-electron chi connectivity index (χ3n) is 3.22. The fourth-order valence-electron chi connectivity index (χ4n) is 2.07. The molecule has 3 aromatic rings. The van der Waals surface area contributed by atoms with Crippen LogP contribution in [0, 0.1) is 6.92 Å². The van der Waals surface area contributed by atoms with Crippen molar-refractivity contribution in [3.05, 3.63) is 48.8 Å². The maximum absolute atomic E-state index is 12.5. The van der Waals surface area contributed by atoms with Gasteiger partial charge < -0.3 is 4.74 Å². The number of methoxy groups -OCH3 is 1. The smallest absolute Gasteiger partial charge is 0.263 e. The minimum absolute atomic E-state index is 0.113. The molecular formula is C14H14N6O3S.